The van der Waals surface area contributed by atoms with Crippen molar-refractivity contribution in [3.05, 3.63) is 32.6 Å². The van der Waals surface area contributed by atoms with Gasteiger partial charge in [0.05, 0.1) is 19.3 Å². The lowest BCUT2D eigenvalue weighted by Gasteiger charge is -2.39. The number of nitrogens with zero attached hydrogens (tertiary/aromatic N) is 1. The highest BCUT2D eigenvalue weighted by atomic mass is 31.3. The topological polar surface area (TPSA) is 277 Å². The van der Waals surface area contributed by atoms with E-state index in [4.69, 9.17) is 14.6 Å². The van der Waals surface area contributed by atoms with Gasteiger partial charge in [0.1, 0.15) is 36.7 Å². The number of hydrogen-bond donors (Lipinski definition) is 8. The fourth-order valence-electron chi connectivity index (χ4n) is 3.46. The van der Waals surface area contributed by atoms with Crippen LogP contribution in [0.15, 0.2) is 15.8 Å². The number of H-pyrrole nitrogens is 1. The number of aryl methyl sites for hydroxylation is 1. The number of aromatic amines is 1. The quantitative estimate of drug-likeness (QED) is 0.135. The molecule has 18 nitrogen and oxygen atoms in total. The monoisotopic (exact) mass is 564 g/mol. The second-order valence-electron chi connectivity index (χ2n) is 8.03. The Morgan fingerprint density at radius 1 is 1.06 bits per heavy atom. The van der Waals surface area contributed by atoms with Gasteiger partial charge in [0.15, 0.2) is 6.29 Å². The van der Waals surface area contributed by atoms with Crippen LogP contribution in [0.3, 0.4) is 0 Å². The van der Waals surface area contributed by atoms with Crippen molar-refractivity contribution in [3.8, 4) is 0 Å². The third-order valence-electron chi connectivity index (χ3n) is 5.35. The zero-order chi connectivity index (χ0) is 27.0. The molecule has 0 radical (unpaired) electrons. The first kappa shape index (κ1) is 29.2. The molecule has 0 spiro atoms. The molecule has 2 aliphatic heterocycles. The van der Waals surface area contributed by atoms with Crippen LogP contribution >= 0.6 is 15.6 Å². The van der Waals surface area contributed by atoms with Gasteiger partial charge in [0.2, 0.25) is 0 Å². The van der Waals surface area contributed by atoms with Crippen LogP contribution in [0.4, 0.5) is 0 Å². The molecule has 2 saturated heterocycles. The Morgan fingerprint density at radius 3 is 2.36 bits per heavy atom. The highest BCUT2D eigenvalue weighted by molar-refractivity contribution is 7.61. The molecule has 2 unspecified atom stereocenters. The number of phosphoric acid groups is 2. The zero-order valence-electron chi connectivity index (χ0n) is 18.5. The molecule has 0 aromatic carbocycles. The summed E-state index contributed by atoms with van der Waals surface area (Å²) in [5, 5.41) is 48.5. The molecule has 0 amide bonds. The van der Waals surface area contributed by atoms with Gasteiger partial charge in [-0.2, -0.15) is 4.31 Å². The van der Waals surface area contributed by atoms with Crippen molar-refractivity contribution in [1.82, 2.24) is 9.55 Å². The highest BCUT2D eigenvalue weighted by Crippen LogP contribution is 2.61. The minimum absolute atomic E-state index is 0.172. The van der Waals surface area contributed by atoms with E-state index in [1.807, 2.05) is 0 Å². The maximum Gasteiger partial charge on any atom is 0.483 e. The van der Waals surface area contributed by atoms with E-state index >= 15 is 0 Å². The van der Waals surface area contributed by atoms with Gasteiger partial charge in [0, 0.05) is 18.2 Å². The predicted octanol–water partition coefficient (Wildman–Crippen LogP) is -3.46. The van der Waals surface area contributed by atoms with Gasteiger partial charge in [-0.3, -0.25) is 23.4 Å². The number of aromatic nitrogens is 2. The van der Waals surface area contributed by atoms with Crippen LogP contribution in [0.2, 0.25) is 0 Å². The molecule has 206 valence electrons. The highest BCUT2D eigenvalue weighted by Gasteiger charge is 2.48. The Hall–Kier alpha value is -1.34. The standard InChI is InChI=1S/C16H26N2O16P2/c1-6-3-18(16(25)17-14(6)24)10-2-7(20)9(31-10)5-30-35(26,27)34-36(28,29)33-15-13(23)12(22)11(21)8(4-19)32-15/h3,7-13,15,19-23H,2,4-5H2,1H3,(H,26,27)(H,28,29)(H,17,24,25)/t7-,8+,9+,10+,11+,12-,13-,15-/m0/s1. The summed E-state index contributed by atoms with van der Waals surface area (Å²) in [6, 6.07) is 0. The lowest BCUT2D eigenvalue weighted by Crippen LogP contribution is -2.58. The zero-order valence-corrected chi connectivity index (χ0v) is 20.3. The first-order valence-electron chi connectivity index (χ1n) is 10.3. The number of nitrogens with one attached hydrogen (secondary N) is 1. The van der Waals surface area contributed by atoms with E-state index in [-0.39, 0.29) is 12.0 Å². The minimum Gasteiger partial charge on any atom is -0.394 e. The number of rotatable bonds is 9. The molecule has 3 rings (SSSR count). The van der Waals surface area contributed by atoms with Crippen molar-refractivity contribution in [2.75, 3.05) is 13.2 Å². The number of aliphatic hydroxyl groups is 5. The Morgan fingerprint density at radius 2 is 1.72 bits per heavy atom. The van der Waals surface area contributed by atoms with E-state index < -0.39 is 89.2 Å². The normalized spacial score (nSPS) is 36.3. The van der Waals surface area contributed by atoms with Crippen LogP contribution in [-0.2, 0) is 32.0 Å². The second kappa shape index (κ2) is 11.2. The van der Waals surface area contributed by atoms with Crippen LogP contribution in [0.5, 0.6) is 0 Å². The maximum atomic E-state index is 12.2. The van der Waals surface area contributed by atoms with Gasteiger partial charge in [0.25, 0.3) is 5.56 Å². The van der Waals surface area contributed by atoms with Crippen molar-refractivity contribution >= 4 is 15.6 Å². The molecule has 20 heteroatoms. The van der Waals surface area contributed by atoms with Crippen LogP contribution in [0, 0.1) is 6.92 Å². The van der Waals surface area contributed by atoms with Gasteiger partial charge in [-0.15, -0.1) is 0 Å². The van der Waals surface area contributed by atoms with Gasteiger partial charge < -0.3 is 44.8 Å². The molecule has 0 aliphatic carbocycles. The summed E-state index contributed by atoms with van der Waals surface area (Å²) in [5.41, 5.74) is -1.27. The lowest BCUT2D eigenvalue weighted by molar-refractivity contribution is -0.280. The molecule has 2 aliphatic rings. The fourth-order valence-corrected chi connectivity index (χ4v) is 5.62. The van der Waals surface area contributed by atoms with E-state index in [9.17, 15) is 48.9 Å². The predicted molar refractivity (Wildman–Crippen MR) is 112 cm³/mol. The van der Waals surface area contributed by atoms with E-state index in [0.29, 0.717) is 0 Å². The molecule has 1 aromatic heterocycles. The van der Waals surface area contributed by atoms with Gasteiger partial charge in [-0.1, -0.05) is 0 Å². The number of aliphatic hydroxyl groups excluding tert-OH is 5. The summed E-state index contributed by atoms with van der Waals surface area (Å²) in [6.45, 7) is -0.305. The second-order valence-corrected chi connectivity index (χ2v) is 11.0. The molecular formula is C16H26N2O16P2. The summed E-state index contributed by atoms with van der Waals surface area (Å²) in [6.07, 6.45) is -12.2. The Kier molecular flexibility index (Phi) is 9.08. The summed E-state index contributed by atoms with van der Waals surface area (Å²) >= 11 is 0. The molecule has 1 aromatic rings. The largest absolute Gasteiger partial charge is 0.483 e. The Labute approximate surface area is 201 Å². The third-order valence-corrected chi connectivity index (χ3v) is 7.95. The first-order chi connectivity index (χ1) is 16.6. The van der Waals surface area contributed by atoms with Crippen molar-refractivity contribution in [2.45, 2.75) is 62.5 Å². The minimum atomic E-state index is -5.54. The summed E-state index contributed by atoms with van der Waals surface area (Å²) in [4.78, 5) is 45.2. The Balaban J connectivity index is 1.59. The molecule has 0 bridgehead atoms. The SMILES string of the molecule is Cc1cn([C@H]2C[C@H](O)[C@@H](COP(=O)(O)OP(=O)(O)O[C@@H]3O[C@H](CO)[C@@H](O)[C@H](O)[C@@H]3O)O2)c(=O)[nH]c1=O. The number of hydrogen-bond acceptors (Lipinski definition) is 14. The summed E-state index contributed by atoms with van der Waals surface area (Å²) < 4.78 is 48.8. The molecule has 3 heterocycles. The molecule has 0 saturated carbocycles. The molecular weight excluding hydrogens is 538 g/mol. The van der Waals surface area contributed by atoms with E-state index in [1.54, 1.807) is 0 Å². The summed E-state index contributed by atoms with van der Waals surface area (Å²) in [5.74, 6) is 0. The smallest absolute Gasteiger partial charge is 0.394 e. The molecule has 2 fully saturated rings. The van der Waals surface area contributed by atoms with Crippen LogP contribution in [0.1, 0.15) is 18.2 Å². The maximum absolute atomic E-state index is 12.2. The van der Waals surface area contributed by atoms with Crippen molar-refractivity contribution in [1.29, 1.82) is 0 Å². The Bertz CT molecular complexity index is 1140. The molecule has 8 N–H and O–H groups in total. The van der Waals surface area contributed by atoms with Crippen LogP contribution in [0.25, 0.3) is 0 Å². The fraction of sp³-hybridized carbons (Fsp3) is 0.750. The van der Waals surface area contributed by atoms with E-state index in [1.165, 1.54) is 13.1 Å². The van der Waals surface area contributed by atoms with Gasteiger partial charge >= 0.3 is 21.3 Å². The van der Waals surface area contributed by atoms with Crippen LogP contribution < -0.4 is 11.2 Å². The average Bonchev–Trinajstić information content (AvgIpc) is 3.14. The van der Waals surface area contributed by atoms with Crippen molar-refractivity contribution in [2.24, 2.45) is 0 Å². The van der Waals surface area contributed by atoms with E-state index in [2.05, 4.69) is 18.3 Å². The number of phosphoric ester groups is 2. The van der Waals surface area contributed by atoms with Crippen molar-refractivity contribution < 1.29 is 67.3 Å². The third kappa shape index (κ3) is 6.75. The number of ether oxygens (including phenoxy) is 2. The van der Waals surface area contributed by atoms with Crippen LogP contribution in [-0.4, -0.2) is 101 Å². The first-order valence-corrected chi connectivity index (χ1v) is 13.3. The average molecular weight is 564 g/mol. The molecule has 10 atom stereocenters. The van der Waals surface area contributed by atoms with Crippen molar-refractivity contribution in [3.63, 3.8) is 0 Å². The summed E-state index contributed by atoms with van der Waals surface area (Å²) in [7, 11) is -10.9. The van der Waals surface area contributed by atoms with Gasteiger partial charge in [-0.25, -0.2) is 13.9 Å². The molecule has 36 heavy (non-hydrogen) atoms. The lowest BCUT2D eigenvalue weighted by atomic mass is 10.00. The van der Waals surface area contributed by atoms with Gasteiger partial charge in [-0.05, 0) is 6.92 Å². The van der Waals surface area contributed by atoms with E-state index in [0.717, 1.165) is 4.57 Å².